The van der Waals surface area contributed by atoms with Crippen LogP contribution >= 0.6 is 0 Å². The number of rotatable bonds is 3. The molecular weight excluding hydrogens is 274 g/mol. The molecule has 0 fully saturated rings. The Balaban J connectivity index is 0.000000555. The minimum absolute atomic E-state index is 0.282. The fourth-order valence-corrected chi connectivity index (χ4v) is 1.67. The molecule has 1 rings (SSSR count). The van der Waals surface area contributed by atoms with E-state index in [4.69, 9.17) is 18.6 Å². The van der Waals surface area contributed by atoms with Crippen molar-refractivity contribution in [3.05, 3.63) is 29.1 Å². The molecule has 1 heterocycles. The first-order valence-corrected chi connectivity index (χ1v) is 6.89. The van der Waals surface area contributed by atoms with Gasteiger partial charge in [-0.2, -0.15) is 4.57 Å². The molecule has 19 heavy (non-hydrogen) atoms. The van der Waals surface area contributed by atoms with E-state index in [9.17, 15) is 4.79 Å². The molecule has 0 saturated carbocycles. The smallest absolute Gasteiger partial charge is 0.206 e. The van der Waals surface area contributed by atoms with Crippen LogP contribution in [0, 0.1) is 31.0 Å². The molecular formula is C12H18ClNO5. The highest BCUT2D eigenvalue weighted by Gasteiger charge is 2.14. The molecule has 108 valence electrons. The number of ketones is 1. The van der Waals surface area contributed by atoms with E-state index in [0.29, 0.717) is 13.0 Å². The average molecular weight is 292 g/mol. The Bertz CT molecular complexity index is 413. The summed E-state index contributed by atoms with van der Waals surface area (Å²) >= 11 is 0. The van der Waals surface area contributed by atoms with Crippen molar-refractivity contribution < 1.29 is 38.2 Å². The van der Waals surface area contributed by atoms with E-state index in [0.717, 1.165) is 11.4 Å². The molecule has 0 atom stereocenters. The van der Waals surface area contributed by atoms with E-state index < -0.39 is 10.2 Å². The highest BCUT2D eigenvalue weighted by molar-refractivity contribution is 5.76. The molecule has 0 bridgehead atoms. The van der Waals surface area contributed by atoms with Gasteiger partial charge in [-0.1, -0.05) is 6.92 Å². The normalized spacial score (nSPS) is 10.7. The van der Waals surface area contributed by atoms with Gasteiger partial charge in [0.25, 0.3) is 0 Å². The van der Waals surface area contributed by atoms with Crippen LogP contribution in [0.25, 0.3) is 0 Å². The number of Topliss-reactive ketones (excluding diaryl/α,β-unsaturated/α-hetero) is 1. The maximum absolute atomic E-state index is 11.3. The summed E-state index contributed by atoms with van der Waals surface area (Å²) in [5.41, 5.74) is 3.56. The van der Waals surface area contributed by atoms with Crippen molar-refractivity contribution >= 4 is 5.78 Å². The van der Waals surface area contributed by atoms with Crippen LogP contribution < -0.4 is 23.2 Å². The Morgan fingerprint density at radius 1 is 1.11 bits per heavy atom. The molecule has 0 aliphatic rings. The van der Waals surface area contributed by atoms with Crippen LogP contribution in [-0.2, 0) is 11.3 Å². The summed E-state index contributed by atoms with van der Waals surface area (Å²) in [7, 11) is -4.94. The number of aromatic nitrogens is 1. The summed E-state index contributed by atoms with van der Waals surface area (Å²) < 4.78 is 36.0. The zero-order chi connectivity index (χ0) is 15.2. The van der Waals surface area contributed by atoms with E-state index in [1.54, 1.807) is 0 Å². The Morgan fingerprint density at radius 2 is 1.47 bits per heavy atom. The zero-order valence-corrected chi connectivity index (χ0v) is 12.2. The lowest BCUT2D eigenvalue weighted by molar-refractivity contribution is -2.00. The SMILES string of the molecule is CCC(=O)C[n+]1c(C)cc(C)cc1C.[O-][Cl+3]([O-])([O-])[O-]. The molecule has 0 N–H and O–H groups in total. The van der Waals surface area contributed by atoms with Crippen molar-refractivity contribution in [2.24, 2.45) is 0 Å². The Kier molecular flexibility index (Phi) is 7.10. The van der Waals surface area contributed by atoms with Crippen LogP contribution in [0.5, 0.6) is 0 Å². The van der Waals surface area contributed by atoms with Crippen LogP contribution in [0.4, 0.5) is 0 Å². The van der Waals surface area contributed by atoms with Gasteiger partial charge in [-0.05, 0) is 12.5 Å². The molecule has 1 aromatic rings. The molecule has 0 unspecified atom stereocenters. The fraction of sp³-hybridized carbons (Fsp3) is 0.500. The van der Waals surface area contributed by atoms with Gasteiger partial charge in [-0.15, -0.1) is 10.2 Å². The summed E-state index contributed by atoms with van der Waals surface area (Å²) in [6.45, 7) is 8.58. The predicted octanol–water partition coefficient (Wildman–Crippen LogP) is -2.88. The van der Waals surface area contributed by atoms with Crippen LogP contribution in [0.1, 0.15) is 30.3 Å². The van der Waals surface area contributed by atoms with Gasteiger partial charge in [0.2, 0.25) is 6.54 Å². The number of hydrogen-bond acceptors (Lipinski definition) is 5. The van der Waals surface area contributed by atoms with Crippen molar-refractivity contribution in [1.29, 1.82) is 0 Å². The monoisotopic (exact) mass is 291 g/mol. The first kappa shape index (κ1) is 17.9. The number of carbonyl (C=O) groups is 1. The van der Waals surface area contributed by atoms with E-state index >= 15 is 0 Å². The minimum Gasteiger partial charge on any atom is -0.293 e. The van der Waals surface area contributed by atoms with Crippen LogP contribution in [0.15, 0.2) is 12.1 Å². The summed E-state index contributed by atoms with van der Waals surface area (Å²) in [6.07, 6.45) is 0.611. The van der Waals surface area contributed by atoms with Gasteiger partial charge >= 0.3 is 0 Å². The summed E-state index contributed by atoms with van der Waals surface area (Å²) in [5.74, 6) is 0.282. The van der Waals surface area contributed by atoms with Gasteiger partial charge in [0, 0.05) is 32.4 Å². The molecule has 0 spiro atoms. The van der Waals surface area contributed by atoms with E-state index in [-0.39, 0.29) is 5.78 Å². The second-order valence-electron chi connectivity index (χ2n) is 4.17. The first-order chi connectivity index (χ1) is 8.54. The fourth-order valence-electron chi connectivity index (χ4n) is 1.67. The quantitative estimate of drug-likeness (QED) is 0.555. The number of carbonyl (C=O) groups excluding carboxylic acids is 1. The maximum Gasteiger partial charge on any atom is 0.206 e. The minimum atomic E-state index is -4.94. The third-order valence-electron chi connectivity index (χ3n) is 2.45. The van der Waals surface area contributed by atoms with Crippen molar-refractivity contribution in [1.82, 2.24) is 0 Å². The maximum atomic E-state index is 11.3. The molecule has 0 saturated heterocycles. The highest BCUT2D eigenvalue weighted by atomic mass is 35.7. The third-order valence-corrected chi connectivity index (χ3v) is 2.45. The molecule has 6 nitrogen and oxygen atoms in total. The number of aryl methyl sites for hydroxylation is 3. The summed E-state index contributed by atoms with van der Waals surface area (Å²) in [5, 5.41) is 0. The molecule has 0 radical (unpaired) electrons. The van der Waals surface area contributed by atoms with Gasteiger partial charge < -0.3 is 0 Å². The summed E-state index contributed by atoms with van der Waals surface area (Å²) in [6, 6.07) is 4.21. The Hall–Kier alpha value is -1.05. The molecule has 1 aromatic heterocycles. The van der Waals surface area contributed by atoms with Crippen LogP contribution in [0.2, 0.25) is 0 Å². The second-order valence-corrected chi connectivity index (χ2v) is 4.93. The summed E-state index contributed by atoms with van der Waals surface area (Å²) in [4.78, 5) is 11.3. The zero-order valence-electron chi connectivity index (χ0n) is 11.4. The third kappa shape index (κ3) is 8.63. The van der Waals surface area contributed by atoms with Gasteiger partial charge in [0.1, 0.15) is 0 Å². The average Bonchev–Trinajstić information content (AvgIpc) is 2.20. The van der Waals surface area contributed by atoms with Crippen LogP contribution in [-0.4, -0.2) is 5.78 Å². The van der Waals surface area contributed by atoms with Crippen molar-refractivity contribution in [3.63, 3.8) is 0 Å². The van der Waals surface area contributed by atoms with Gasteiger partial charge in [0.05, 0.1) is 0 Å². The largest absolute Gasteiger partial charge is 0.293 e. The lowest BCUT2D eigenvalue weighted by Crippen LogP contribution is -2.68. The second kappa shape index (κ2) is 7.52. The van der Waals surface area contributed by atoms with Crippen molar-refractivity contribution in [3.8, 4) is 0 Å². The standard InChI is InChI=1S/C12H18NO.ClHO4/c1-5-12(14)8-13-10(3)6-9(2)7-11(13)4;2-1(3,4)5/h6-7H,5,8H2,1-4H3;(H,2,3,4,5)/q+1;/p-1. The number of pyridine rings is 1. The number of halogens is 1. The number of hydrogen-bond donors (Lipinski definition) is 0. The predicted molar refractivity (Wildman–Crippen MR) is 56.1 cm³/mol. The highest BCUT2D eigenvalue weighted by Crippen LogP contribution is 2.01. The van der Waals surface area contributed by atoms with Gasteiger partial charge in [-0.25, -0.2) is 18.6 Å². The molecule has 0 amide bonds. The van der Waals surface area contributed by atoms with Crippen molar-refractivity contribution in [2.75, 3.05) is 0 Å². The lowest BCUT2D eigenvalue weighted by atomic mass is 10.2. The topological polar surface area (TPSA) is 113 Å². The lowest BCUT2D eigenvalue weighted by Gasteiger charge is -2.17. The molecule has 7 heteroatoms. The van der Waals surface area contributed by atoms with Crippen molar-refractivity contribution in [2.45, 2.75) is 40.7 Å². The van der Waals surface area contributed by atoms with E-state index in [1.165, 1.54) is 5.56 Å². The molecule has 0 aromatic carbocycles. The van der Waals surface area contributed by atoms with Gasteiger partial charge in [-0.3, -0.25) is 4.79 Å². The number of nitrogens with zero attached hydrogens (tertiary/aromatic N) is 1. The molecule has 0 aliphatic carbocycles. The van der Waals surface area contributed by atoms with E-state index in [1.807, 2.05) is 20.8 Å². The Labute approximate surface area is 114 Å². The Morgan fingerprint density at radius 3 is 1.79 bits per heavy atom. The first-order valence-electron chi connectivity index (χ1n) is 5.65. The van der Waals surface area contributed by atoms with Crippen LogP contribution in [0.3, 0.4) is 0 Å². The molecule has 0 aliphatic heterocycles. The van der Waals surface area contributed by atoms with E-state index in [2.05, 4.69) is 23.6 Å². The van der Waals surface area contributed by atoms with Gasteiger partial charge in [0.15, 0.2) is 17.2 Å².